The Hall–Kier alpha value is -2.24. The van der Waals surface area contributed by atoms with Gasteiger partial charge in [0, 0.05) is 17.9 Å². The molecule has 2 heterocycles. The van der Waals surface area contributed by atoms with Gasteiger partial charge in [-0.2, -0.15) is 5.10 Å². The van der Waals surface area contributed by atoms with Crippen molar-refractivity contribution < 1.29 is 14.2 Å². The second-order valence-electron chi connectivity index (χ2n) is 4.80. The Morgan fingerprint density at radius 3 is 2.95 bits per heavy atom. The summed E-state index contributed by atoms with van der Waals surface area (Å²) in [5.74, 6) is 2.81. The molecule has 0 aliphatic carbocycles. The first-order chi connectivity index (χ1) is 9.72. The van der Waals surface area contributed by atoms with E-state index in [1.54, 1.807) is 7.11 Å². The first-order valence-corrected chi connectivity index (χ1v) is 6.60. The number of nitrogens with zero attached hydrogens (tertiary/aromatic N) is 2. The summed E-state index contributed by atoms with van der Waals surface area (Å²) in [6.45, 7) is 2.33. The van der Waals surface area contributed by atoms with Crippen LogP contribution in [0.4, 0.5) is 0 Å². The minimum absolute atomic E-state index is 0.212. The van der Waals surface area contributed by atoms with Crippen LogP contribution in [0.25, 0.3) is 0 Å². The van der Waals surface area contributed by atoms with Crippen LogP contribution in [0.3, 0.4) is 0 Å². The molecule has 2 aliphatic rings. The summed E-state index contributed by atoms with van der Waals surface area (Å²) in [7, 11) is 1.61. The summed E-state index contributed by atoms with van der Waals surface area (Å²) in [6, 6.07) is 3.83. The fraction of sp³-hybridized carbons (Fsp3) is 0.429. The summed E-state index contributed by atoms with van der Waals surface area (Å²) < 4.78 is 16.2. The van der Waals surface area contributed by atoms with Crippen LogP contribution in [0, 0.1) is 5.92 Å². The average Bonchev–Trinajstić information content (AvgIpc) is 2.94. The standard InChI is InChI=1S/C14H17N3O3/c1-3-8-6-12(15)16-17-13(8)9-4-10(18-2)14-11(5-9)19-7-20-14/h4-5,8H,3,6-7H2,1-2H3,(H2,15,16). The lowest BCUT2D eigenvalue weighted by atomic mass is 9.90. The van der Waals surface area contributed by atoms with Gasteiger partial charge in [-0.05, 0) is 18.6 Å². The molecule has 20 heavy (non-hydrogen) atoms. The van der Waals surface area contributed by atoms with Gasteiger partial charge in [-0.25, -0.2) is 0 Å². The van der Waals surface area contributed by atoms with E-state index in [2.05, 4.69) is 17.1 Å². The van der Waals surface area contributed by atoms with E-state index in [4.69, 9.17) is 19.9 Å². The second kappa shape index (κ2) is 5.03. The molecule has 6 nitrogen and oxygen atoms in total. The van der Waals surface area contributed by atoms with Crippen molar-refractivity contribution in [2.24, 2.45) is 21.9 Å². The molecule has 0 aromatic heterocycles. The second-order valence-corrected chi connectivity index (χ2v) is 4.80. The Morgan fingerprint density at radius 2 is 2.20 bits per heavy atom. The zero-order valence-electron chi connectivity index (χ0n) is 11.5. The van der Waals surface area contributed by atoms with Gasteiger partial charge >= 0.3 is 0 Å². The molecule has 0 amide bonds. The summed E-state index contributed by atoms with van der Waals surface area (Å²) in [5, 5.41) is 8.27. The van der Waals surface area contributed by atoms with Gasteiger partial charge in [0.05, 0.1) is 12.8 Å². The number of rotatable bonds is 3. The Bertz CT molecular complexity index is 596. The van der Waals surface area contributed by atoms with Crippen molar-refractivity contribution in [3.8, 4) is 17.2 Å². The Kier molecular flexibility index (Phi) is 3.22. The van der Waals surface area contributed by atoms with Crippen LogP contribution >= 0.6 is 0 Å². The van der Waals surface area contributed by atoms with Crippen LogP contribution in [-0.2, 0) is 0 Å². The SMILES string of the molecule is CCC1CC(N)=NN=C1c1cc(OC)c2c(c1)OCO2. The van der Waals surface area contributed by atoms with Crippen LogP contribution in [0.1, 0.15) is 25.3 Å². The number of hydrogen-bond acceptors (Lipinski definition) is 6. The van der Waals surface area contributed by atoms with Gasteiger partial charge in [-0.3, -0.25) is 0 Å². The molecule has 0 spiro atoms. The topological polar surface area (TPSA) is 78.4 Å². The minimum Gasteiger partial charge on any atom is -0.493 e. The number of methoxy groups -OCH3 is 1. The molecule has 2 aliphatic heterocycles. The number of benzene rings is 1. The van der Waals surface area contributed by atoms with E-state index >= 15 is 0 Å². The van der Waals surface area contributed by atoms with Gasteiger partial charge in [0.1, 0.15) is 5.84 Å². The predicted molar refractivity (Wildman–Crippen MR) is 75.7 cm³/mol. The summed E-state index contributed by atoms with van der Waals surface area (Å²) in [5.41, 5.74) is 7.61. The van der Waals surface area contributed by atoms with E-state index in [0.29, 0.717) is 23.1 Å². The number of hydrogen-bond donors (Lipinski definition) is 1. The fourth-order valence-corrected chi connectivity index (χ4v) is 2.50. The van der Waals surface area contributed by atoms with Crippen LogP contribution in [0.2, 0.25) is 0 Å². The normalized spacial score (nSPS) is 20.4. The summed E-state index contributed by atoms with van der Waals surface area (Å²) in [4.78, 5) is 0. The van der Waals surface area contributed by atoms with Crippen molar-refractivity contribution in [2.75, 3.05) is 13.9 Å². The third-order valence-corrected chi connectivity index (χ3v) is 3.58. The monoisotopic (exact) mass is 275 g/mol. The Labute approximate surface area is 117 Å². The van der Waals surface area contributed by atoms with Crippen molar-refractivity contribution in [1.82, 2.24) is 0 Å². The van der Waals surface area contributed by atoms with Crippen LogP contribution < -0.4 is 19.9 Å². The molecule has 0 saturated carbocycles. The maximum atomic E-state index is 5.76. The van der Waals surface area contributed by atoms with E-state index in [1.807, 2.05) is 12.1 Å². The number of fused-ring (bicyclic) bond motifs is 1. The molecule has 1 aromatic carbocycles. The largest absolute Gasteiger partial charge is 0.493 e. The van der Waals surface area contributed by atoms with Gasteiger partial charge in [-0.1, -0.05) is 6.92 Å². The highest BCUT2D eigenvalue weighted by atomic mass is 16.7. The molecule has 1 atom stereocenters. The quantitative estimate of drug-likeness (QED) is 0.914. The average molecular weight is 275 g/mol. The molecule has 0 radical (unpaired) electrons. The highest BCUT2D eigenvalue weighted by Crippen LogP contribution is 2.42. The maximum absolute atomic E-state index is 5.76. The van der Waals surface area contributed by atoms with Gasteiger partial charge in [0.2, 0.25) is 12.5 Å². The van der Waals surface area contributed by atoms with E-state index in [0.717, 1.165) is 24.1 Å². The van der Waals surface area contributed by atoms with E-state index < -0.39 is 0 Å². The van der Waals surface area contributed by atoms with Gasteiger partial charge < -0.3 is 19.9 Å². The van der Waals surface area contributed by atoms with Crippen molar-refractivity contribution in [2.45, 2.75) is 19.8 Å². The summed E-state index contributed by atoms with van der Waals surface area (Å²) in [6.07, 6.45) is 1.68. The number of ether oxygens (including phenoxy) is 3. The molecule has 0 saturated heterocycles. The molecule has 106 valence electrons. The lowest BCUT2D eigenvalue weighted by molar-refractivity contribution is 0.171. The lowest BCUT2D eigenvalue weighted by Gasteiger charge is -2.20. The highest BCUT2D eigenvalue weighted by molar-refractivity contribution is 6.06. The van der Waals surface area contributed by atoms with Crippen molar-refractivity contribution >= 4 is 11.5 Å². The maximum Gasteiger partial charge on any atom is 0.231 e. The molecule has 3 rings (SSSR count). The lowest BCUT2D eigenvalue weighted by Crippen LogP contribution is -2.26. The molecule has 0 fully saturated rings. The van der Waals surface area contributed by atoms with E-state index in [9.17, 15) is 0 Å². The van der Waals surface area contributed by atoms with Crippen molar-refractivity contribution in [3.05, 3.63) is 17.7 Å². The molecule has 2 N–H and O–H groups in total. The zero-order chi connectivity index (χ0) is 14.1. The summed E-state index contributed by atoms with van der Waals surface area (Å²) >= 11 is 0. The van der Waals surface area contributed by atoms with Gasteiger partial charge in [0.15, 0.2) is 11.5 Å². The molecular formula is C14H17N3O3. The van der Waals surface area contributed by atoms with Crippen LogP contribution in [0.5, 0.6) is 17.2 Å². The first kappa shape index (κ1) is 12.8. The first-order valence-electron chi connectivity index (χ1n) is 6.60. The molecule has 1 aromatic rings. The highest BCUT2D eigenvalue weighted by Gasteiger charge is 2.26. The van der Waals surface area contributed by atoms with Crippen LogP contribution in [0.15, 0.2) is 22.3 Å². The predicted octanol–water partition coefficient (Wildman–Crippen LogP) is 1.92. The zero-order valence-corrected chi connectivity index (χ0v) is 11.5. The number of amidine groups is 1. The number of nitrogens with two attached hydrogens (primary N) is 1. The Morgan fingerprint density at radius 1 is 1.35 bits per heavy atom. The smallest absolute Gasteiger partial charge is 0.231 e. The minimum atomic E-state index is 0.212. The molecule has 6 heteroatoms. The third kappa shape index (κ3) is 2.07. The molecule has 1 unspecified atom stereocenters. The third-order valence-electron chi connectivity index (χ3n) is 3.58. The fourth-order valence-electron chi connectivity index (χ4n) is 2.50. The van der Waals surface area contributed by atoms with E-state index in [1.165, 1.54) is 0 Å². The Balaban J connectivity index is 2.06. The molecular weight excluding hydrogens is 258 g/mol. The van der Waals surface area contributed by atoms with Crippen LogP contribution in [-0.4, -0.2) is 25.5 Å². The molecule has 0 bridgehead atoms. The van der Waals surface area contributed by atoms with E-state index in [-0.39, 0.29) is 12.7 Å². The van der Waals surface area contributed by atoms with Gasteiger partial charge in [-0.15, -0.1) is 5.10 Å². The van der Waals surface area contributed by atoms with Crippen molar-refractivity contribution in [3.63, 3.8) is 0 Å². The van der Waals surface area contributed by atoms with Crippen molar-refractivity contribution in [1.29, 1.82) is 0 Å². The van der Waals surface area contributed by atoms with Gasteiger partial charge in [0.25, 0.3) is 0 Å².